The first-order valence-electron chi connectivity index (χ1n) is 7.51. The molecule has 0 spiro atoms. The van der Waals surface area contributed by atoms with Crippen molar-refractivity contribution in [3.63, 3.8) is 0 Å². The van der Waals surface area contributed by atoms with Gasteiger partial charge in [0.05, 0.1) is 12.7 Å². The normalized spacial score (nSPS) is 15.8. The average molecular weight is 313 g/mol. The number of nitrogens with two attached hydrogens (primary N) is 1. The molecule has 1 saturated carbocycles. The highest BCUT2D eigenvalue weighted by molar-refractivity contribution is 5.94. The number of halogens is 1. The molecule has 0 radical (unpaired) electrons. The third-order valence-corrected chi connectivity index (χ3v) is 3.69. The summed E-state index contributed by atoms with van der Waals surface area (Å²) in [5.41, 5.74) is 6.86. The summed E-state index contributed by atoms with van der Waals surface area (Å²) >= 11 is 0. The monoisotopic (exact) mass is 312 g/mol. The summed E-state index contributed by atoms with van der Waals surface area (Å²) in [6, 6.07) is 7.00. The van der Waals surface area contributed by atoms with Crippen LogP contribution in [-0.4, -0.2) is 25.2 Å². The number of carbonyl (C=O) groups is 1. The van der Waals surface area contributed by atoms with Gasteiger partial charge in [0.15, 0.2) is 0 Å². The zero-order valence-corrected chi connectivity index (χ0v) is 13.2. The molecule has 1 aromatic carbocycles. The molecule has 5 heteroatoms. The maximum Gasteiger partial charge on any atom is 0.251 e. The van der Waals surface area contributed by atoms with E-state index in [1.807, 2.05) is 0 Å². The van der Waals surface area contributed by atoms with E-state index < -0.39 is 0 Å². The Labute approximate surface area is 132 Å². The van der Waals surface area contributed by atoms with Crippen LogP contribution in [0, 0.1) is 0 Å². The van der Waals surface area contributed by atoms with Crippen molar-refractivity contribution in [2.24, 2.45) is 0 Å². The first-order chi connectivity index (χ1) is 9.75. The van der Waals surface area contributed by atoms with E-state index in [9.17, 15) is 4.79 Å². The summed E-state index contributed by atoms with van der Waals surface area (Å²) in [5, 5.41) is 2.86. The SMILES string of the molecule is Cl.Nc1cccc(C(=O)NCCOC2CCCCCC2)c1. The zero-order valence-electron chi connectivity index (χ0n) is 12.3. The number of rotatable bonds is 5. The van der Waals surface area contributed by atoms with E-state index in [0.29, 0.717) is 30.5 Å². The zero-order chi connectivity index (χ0) is 14.2. The van der Waals surface area contributed by atoms with Crippen molar-refractivity contribution in [3.05, 3.63) is 29.8 Å². The second-order valence-electron chi connectivity index (χ2n) is 5.37. The molecule has 0 saturated heterocycles. The molecule has 3 N–H and O–H groups in total. The number of anilines is 1. The molecule has 0 aliphatic heterocycles. The van der Waals surface area contributed by atoms with Gasteiger partial charge in [-0.2, -0.15) is 0 Å². The molecule has 0 heterocycles. The Morgan fingerprint density at radius 2 is 1.95 bits per heavy atom. The van der Waals surface area contributed by atoms with Gasteiger partial charge < -0.3 is 15.8 Å². The van der Waals surface area contributed by atoms with Gasteiger partial charge in [-0.15, -0.1) is 12.4 Å². The van der Waals surface area contributed by atoms with Crippen LogP contribution in [0.4, 0.5) is 5.69 Å². The van der Waals surface area contributed by atoms with E-state index in [1.165, 1.54) is 25.7 Å². The first-order valence-corrected chi connectivity index (χ1v) is 7.51. The number of amides is 1. The molecule has 1 aliphatic rings. The van der Waals surface area contributed by atoms with Gasteiger partial charge in [0, 0.05) is 17.8 Å². The minimum Gasteiger partial charge on any atom is -0.399 e. The Morgan fingerprint density at radius 1 is 1.24 bits per heavy atom. The number of ether oxygens (including phenoxy) is 1. The summed E-state index contributed by atoms with van der Waals surface area (Å²) in [6.07, 6.45) is 7.87. The number of carbonyl (C=O) groups excluding carboxylic acids is 1. The van der Waals surface area contributed by atoms with E-state index in [4.69, 9.17) is 10.5 Å². The smallest absolute Gasteiger partial charge is 0.251 e. The molecule has 21 heavy (non-hydrogen) atoms. The minimum absolute atomic E-state index is 0. The first kappa shape index (κ1) is 17.8. The van der Waals surface area contributed by atoms with Crippen LogP contribution < -0.4 is 11.1 Å². The lowest BCUT2D eigenvalue weighted by Gasteiger charge is -2.15. The van der Waals surface area contributed by atoms with E-state index in [2.05, 4.69) is 5.32 Å². The summed E-state index contributed by atoms with van der Waals surface area (Å²) in [4.78, 5) is 11.9. The van der Waals surface area contributed by atoms with Crippen LogP contribution in [0.5, 0.6) is 0 Å². The van der Waals surface area contributed by atoms with Crippen molar-refractivity contribution in [3.8, 4) is 0 Å². The van der Waals surface area contributed by atoms with E-state index in [1.54, 1.807) is 24.3 Å². The van der Waals surface area contributed by atoms with Gasteiger partial charge in [-0.05, 0) is 31.0 Å². The third kappa shape index (κ3) is 6.36. The highest BCUT2D eigenvalue weighted by Gasteiger charge is 2.12. The standard InChI is InChI=1S/C16H24N2O2.ClH/c17-14-7-5-6-13(12-14)16(19)18-10-11-20-15-8-3-1-2-4-9-15;/h5-7,12,15H,1-4,8-11,17H2,(H,18,19);1H. The van der Waals surface area contributed by atoms with Crippen LogP contribution in [-0.2, 0) is 4.74 Å². The Hall–Kier alpha value is -1.26. The second-order valence-corrected chi connectivity index (χ2v) is 5.37. The van der Waals surface area contributed by atoms with Crippen LogP contribution >= 0.6 is 12.4 Å². The van der Waals surface area contributed by atoms with Crippen LogP contribution in [0.2, 0.25) is 0 Å². The Morgan fingerprint density at radius 3 is 2.62 bits per heavy atom. The van der Waals surface area contributed by atoms with Gasteiger partial charge >= 0.3 is 0 Å². The van der Waals surface area contributed by atoms with E-state index in [0.717, 1.165) is 12.8 Å². The highest BCUT2D eigenvalue weighted by Crippen LogP contribution is 2.19. The van der Waals surface area contributed by atoms with Gasteiger partial charge in [-0.25, -0.2) is 0 Å². The molecule has 0 aromatic heterocycles. The van der Waals surface area contributed by atoms with Crippen molar-refractivity contribution >= 4 is 24.0 Å². The number of nitrogens with one attached hydrogen (secondary N) is 1. The number of benzene rings is 1. The predicted octanol–water partition coefficient (Wildman–Crippen LogP) is 3.16. The van der Waals surface area contributed by atoms with Gasteiger partial charge in [0.2, 0.25) is 0 Å². The highest BCUT2D eigenvalue weighted by atomic mass is 35.5. The van der Waals surface area contributed by atoms with E-state index >= 15 is 0 Å². The lowest BCUT2D eigenvalue weighted by molar-refractivity contribution is 0.0442. The van der Waals surface area contributed by atoms with Crippen LogP contribution in [0.15, 0.2) is 24.3 Å². The number of nitrogen functional groups attached to an aromatic ring is 1. The maximum absolute atomic E-state index is 11.9. The molecule has 2 rings (SSSR count). The van der Waals surface area contributed by atoms with Crippen molar-refractivity contribution in [1.82, 2.24) is 5.32 Å². The second kappa shape index (κ2) is 9.64. The van der Waals surface area contributed by atoms with Crippen molar-refractivity contribution in [1.29, 1.82) is 0 Å². The molecule has 1 amide bonds. The third-order valence-electron chi connectivity index (χ3n) is 3.69. The summed E-state index contributed by atoms with van der Waals surface area (Å²) in [7, 11) is 0. The number of hydrogen-bond donors (Lipinski definition) is 2. The van der Waals surface area contributed by atoms with Gasteiger partial charge in [-0.3, -0.25) is 4.79 Å². The minimum atomic E-state index is -0.0956. The van der Waals surface area contributed by atoms with Gasteiger partial charge in [-0.1, -0.05) is 31.7 Å². The predicted molar refractivity (Wildman–Crippen MR) is 87.9 cm³/mol. The Bertz CT molecular complexity index is 432. The van der Waals surface area contributed by atoms with Crippen molar-refractivity contribution < 1.29 is 9.53 Å². The molecular weight excluding hydrogens is 288 g/mol. The van der Waals surface area contributed by atoms with Crippen molar-refractivity contribution in [2.75, 3.05) is 18.9 Å². The molecule has 1 fully saturated rings. The van der Waals surface area contributed by atoms with Gasteiger partial charge in [0.25, 0.3) is 5.91 Å². The summed E-state index contributed by atoms with van der Waals surface area (Å²) in [5.74, 6) is -0.0956. The Kier molecular flexibility index (Phi) is 8.16. The molecular formula is C16H25ClN2O2. The summed E-state index contributed by atoms with van der Waals surface area (Å²) in [6.45, 7) is 1.13. The average Bonchev–Trinajstić information content (AvgIpc) is 2.72. The lowest BCUT2D eigenvalue weighted by atomic mass is 10.1. The topological polar surface area (TPSA) is 64.4 Å². The number of hydrogen-bond acceptors (Lipinski definition) is 3. The largest absolute Gasteiger partial charge is 0.399 e. The summed E-state index contributed by atoms with van der Waals surface area (Å²) < 4.78 is 5.83. The van der Waals surface area contributed by atoms with Crippen molar-refractivity contribution in [2.45, 2.75) is 44.6 Å². The fraction of sp³-hybridized carbons (Fsp3) is 0.562. The fourth-order valence-corrected chi connectivity index (χ4v) is 2.58. The van der Waals surface area contributed by atoms with Crippen LogP contribution in [0.25, 0.3) is 0 Å². The molecule has 0 atom stereocenters. The fourth-order valence-electron chi connectivity index (χ4n) is 2.58. The van der Waals surface area contributed by atoms with Crippen LogP contribution in [0.1, 0.15) is 48.9 Å². The molecule has 1 aromatic rings. The molecule has 0 bridgehead atoms. The lowest BCUT2D eigenvalue weighted by Crippen LogP contribution is -2.28. The molecule has 118 valence electrons. The quantitative estimate of drug-likeness (QED) is 0.498. The molecule has 4 nitrogen and oxygen atoms in total. The molecule has 0 unspecified atom stereocenters. The maximum atomic E-state index is 11.9. The van der Waals surface area contributed by atoms with Gasteiger partial charge in [0.1, 0.15) is 0 Å². The Balaban J connectivity index is 0.00000220. The van der Waals surface area contributed by atoms with E-state index in [-0.39, 0.29) is 18.3 Å². The van der Waals surface area contributed by atoms with Crippen LogP contribution in [0.3, 0.4) is 0 Å². The molecule has 1 aliphatic carbocycles.